The summed E-state index contributed by atoms with van der Waals surface area (Å²) in [6.45, 7) is 3.40. The topological polar surface area (TPSA) is 46.9 Å². The molecular formula is C15H20BrN3O. The lowest BCUT2D eigenvalue weighted by Gasteiger charge is -2.26. The van der Waals surface area contributed by atoms with E-state index >= 15 is 0 Å². The maximum absolute atomic E-state index is 12.0. The summed E-state index contributed by atoms with van der Waals surface area (Å²) in [6.07, 6.45) is 12.0. The molecule has 0 unspecified atom stereocenters. The second-order valence-corrected chi connectivity index (χ2v) is 6.34. The second-order valence-electron chi connectivity index (χ2n) is 5.55. The van der Waals surface area contributed by atoms with Gasteiger partial charge in [-0.15, -0.1) is 6.42 Å². The Morgan fingerprint density at radius 2 is 2.20 bits per heavy atom. The van der Waals surface area contributed by atoms with Crippen molar-refractivity contribution in [3.63, 3.8) is 0 Å². The van der Waals surface area contributed by atoms with E-state index < -0.39 is 0 Å². The molecule has 1 aromatic heterocycles. The smallest absolute Gasteiger partial charge is 0.284 e. The van der Waals surface area contributed by atoms with Gasteiger partial charge in [0.15, 0.2) is 0 Å². The van der Waals surface area contributed by atoms with Crippen molar-refractivity contribution in [3.8, 4) is 12.3 Å². The molecule has 1 aromatic rings. The van der Waals surface area contributed by atoms with Gasteiger partial charge in [0, 0.05) is 6.54 Å². The lowest BCUT2D eigenvalue weighted by molar-refractivity contribution is 0.300. The van der Waals surface area contributed by atoms with E-state index in [2.05, 4.69) is 39.2 Å². The van der Waals surface area contributed by atoms with Gasteiger partial charge in [-0.3, -0.25) is 4.79 Å². The van der Waals surface area contributed by atoms with E-state index in [9.17, 15) is 4.79 Å². The van der Waals surface area contributed by atoms with Crippen LogP contribution in [0.5, 0.6) is 0 Å². The molecule has 0 aromatic carbocycles. The van der Waals surface area contributed by atoms with Crippen molar-refractivity contribution in [1.29, 1.82) is 0 Å². The molecule has 0 bridgehead atoms. The highest BCUT2D eigenvalue weighted by molar-refractivity contribution is 9.10. The fraction of sp³-hybridized carbons (Fsp3) is 0.600. The Kier molecular flexibility index (Phi) is 5.24. The number of aromatic nitrogens is 2. The van der Waals surface area contributed by atoms with Crippen LogP contribution in [0, 0.1) is 24.2 Å². The summed E-state index contributed by atoms with van der Waals surface area (Å²) in [7, 11) is 0. The highest BCUT2D eigenvalue weighted by atomic mass is 79.9. The number of hydrogen-bond acceptors (Lipinski definition) is 3. The molecule has 0 radical (unpaired) electrons. The standard InChI is InChI=1S/C15H20BrN3O/c1-3-8-19-15(20)14(16)13(10-18-19)17-9-12-6-4-11(2)5-7-12/h1,10-12,17H,4-9H2,2H3. The van der Waals surface area contributed by atoms with Gasteiger partial charge in [0.2, 0.25) is 0 Å². The Balaban J connectivity index is 1.98. The average Bonchev–Trinajstić information content (AvgIpc) is 2.45. The van der Waals surface area contributed by atoms with E-state index in [-0.39, 0.29) is 12.1 Å². The van der Waals surface area contributed by atoms with Crippen molar-refractivity contribution >= 4 is 21.6 Å². The number of nitrogens with one attached hydrogen (secondary N) is 1. The molecule has 0 amide bonds. The van der Waals surface area contributed by atoms with Crippen molar-refractivity contribution < 1.29 is 0 Å². The number of hydrogen-bond donors (Lipinski definition) is 1. The normalized spacial score (nSPS) is 22.2. The summed E-state index contributed by atoms with van der Waals surface area (Å²) in [6, 6.07) is 0. The molecule has 1 N–H and O–H groups in total. The number of nitrogens with zero attached hydrogens (tertiary/aromatic N) is 2. The molecule has 4 nitrogen and oxygen atoms in total. The first-order chi connectivity index (χ1) is 9.61. The summed E-state index contributed by atoms with van der Waals surface area (Å²) in [5.41, 5.74) is 0.562. The molecule has 0 spiro atoms. The lowest BCUT2D eigenvalue weighted by atomic mass is 9.83. The molecule has 1 saturated carbocycles. The molecule has 1 heterocycles. The van der Waals surface area contributed by atoms with Gasteiger partial charge >= 0.3 is 0 Å². The second kappa shape index (κ2) is 6.94. The molecular weight excluding hydrogens is 318 g/mol. The SMILES string of the molecule is C#CCn1ncc(NCC2CCC(C)CC2)c(Br)c1=O. The van der Waals surface area contributed by atoms with Crippen LogP contribution in [-0.4, -0.2) is 16.3 Å². The van der Waals surface area contributed by atoms with Crippen molar-refractivity contribution in [2.45, 2.75) is 39.2 Å². The molecule has 1 fully saturated rings. The molecule has 0 atom stereocenters. The van der Waals surface area contributed by atoms with Crippen LogP contribution < -0.4 is 10.9 Å². The van der Waals surface area contributed by atoms with Crippen LogP contribution in [0.4, 0.5) is 5.69 Å². The third-order valence-corrected chi connectivity index (χ3v) is 4.71. The minimum absolute atomic E-state index is 0.190. The summed E-state index contributed by atoms with van der Waals surface area (Å²) in [5, 5.41) is 7.41. The molecule has 0 saturated heterocycles. The molecule has 1 aliphatic carbocycles. The third kappa shape index (κ3) is 3.63. The number of halogens is 1. The van der Waals surface area contributed by atoms with Crippen LogP contribution in [0.1, 0.15) is 32.6 Å². The molecule has 20 heavy (non-hydrogen) atoms. The van der Waals surface area contributed by atoms with Gasteiger partial charge in [-0.05, 0) is 40.6 Å². The minimum Gasteiger partial charge on any atom is -0.382 e. The summed E-state index contributed by atoms with van der Waals surface area (Å²) < 4.78 is 1.78. The van der Waals surface area contributed by atoms with Crippen LogP contribution in [0.3, 0.4) is 0 Å². The van der Waals surface area contributed by atoms with Crippen LogP contribution >= 0.6 is 15.9 Å². The Morgan fingerprint density at radius 3 is 2.85 bits per heavy atom. The number of anilines is 1. The molecule has 0 aliphatic heterocycles. The summed E-state index contributed by atoms with van der Waals surface area (Å²) in [5.74, 6) is 3.96. The highest BCUT2D eigenvalue weighted by Crippen LogP contribution is 2.28. The third-order valence-electron chi connectivity index (χ3n) is 3.94. The zero-order valence-corrected chi connectivity index (χ0v) is 13.3. The Morgan fingerprint density at radius 1 is 1.50 bits per heavy atom. The fourth-order valence-electron chi connectivity index (χ4n) is 2.57. The summed E-state index contributed by atoms with van der Waals surface area (Å²) in [4.78, 5) is 12.0. The maximum Gasteiger partial charge on any atom is 0.284 e. The Hall–Kier alpha value is -1.28. The fourth-order valence-corrected chi connectivity index (χ4v) is 3.02. The van der Waals surface area contributed by atoms with Gasteiger partial charge in [-0.25, -0.2) is 4.68 Å². The Bertz CT molecular complexity index is 553. The first-order valence-corrected chi connectivity index (χ1v) is 7.84. The van der Waals surface area contributed by atoms with E-state index in [1.54, 1.807) is 6.20 Å². The van der Waals surface area contributed by atoms with Crippen molar-refractivity contribution in [2.24, 2.45) is 11.8 Å². The van der Waals surface area contributed by atoms with Gasteiger partial charge in [-0.2, -0.15) is 5.10 Å². The van der Waals surface area contributed by atoms with Gasteiger partial charge in [0.05, 0.1) is 11.9 Å². The van der Waals surface area contributed by atoms with Gasteiger partial charge in [-0.1, -0.05) is 25.7 Å². The number of rotatable bonds is 4. The van der Waals surface area contributed by atoms with Crippen LogP contribution in [0.15, 0.2) is 15.5 Å². The predicted octanol–water partition coefficient (Wildman–Crippen LogP) is 2.88. The molecule has 108 valence electrons. The highest BCUT2D eigenvalue weighted by Gasteiger charge is 2.18. The zero-order valence-electron chi connectivity index (χ0n) is 11.7. The van der Waals surface area contributed by atoms with E-state index in [1.165, 1.54) is 30.4 Å². The van der Waals surface area contributed by atoms with E-state index in [0.29, 0.717) is 10.4 Å². The van der Waals surface area contributed by atoms with E-state index in [0.717, 1.165) is 18.2 Å². The first kappa shape index (κ1) is 15.1. The van der Waals surface area contributed by atoms with Gasteiger partial charge < -0.3 is 5.32 Å². The summed E-state index contributed by atoms with van der Waals surface area (Å²) >= 11 is 3.33. The van der Waals surface area contributed by atoms with E-state index in [4.69, 9.17) is 6.42 Å². The quantitative estimate of drug-likeness (QED) is 0.859. The minimum atomic E-state index is -0.190. The van der Waals surface area contributed by atoms with Crippen LogP contribution in [0.25, 0.3) is 0 Å². The lowest BCUT2D eigenvalue weighted by Crippen LogP contribution is -2.25. The molecule has 2 rings (SSSR count). The average molecular weight is 338 g/mol. The van der Waals surface area contributed by atoms with Gasteiger partial charge in [0.1, 0.15) is 11.0 Å². The maximum atomic E-state index is 12.0. The first-order valence-electron chi connectivity index (χ1n) is 7.04. The van der Waals surface area contributed by atoms with E-state index in [1.807, 2.05) is 0 Å². The van der Waals surface area contributed by atoms with Crippen LogP contribution in [0.2, 0.25) is 0 Å². The van der Waals surface area contributed by atoms with Crippen molar-refractivity contribution in [1.82, 2.24) is 9.78 Å². The van der Waals surface area contributed by atoms with Crippen molar-refractivity contribution in [3.05, 3.63) is 21.0 Å². The van der Waals surface area contributed by atoms with Crippen LogP contribution in [-0.2, 0) is 6.54 Å². The number of terminal acetylenes is 1. The molecule has 1 aliphatic rings. The van der Waals surface area contributed by atoms with Gasteiger partial charge in [0.25, 0.3) is 5.56 Å². The predicted molar refractivity (Wildman–Crippen MR) is 84.6 cm³/mol. The molecule has 5 heteroatoms. The van der Waals surface area contributed by atoms with Crippen molar-refractivity contribution in [2.75, 3.05) is 11.9 Å². The monoisotopic (exact) mass is 337 g/mol. The zero-order chi connectivity index (χ0) is 14.5. The largest absolute Gasteiger partial charge is 0.382 e. The Labute approximate surface area is 128 Å².